The molecule has 1 unspecified atom stereocenters. The highest BCUT2D eigenvalue weighted by atomic mass is 32.1. The van der Waals surface area contributed by atoms with Gasteiger partial charge in [0.05, 0.1) is 11.5 Å². The van der Waals surface area contributed by atoms with Crippen LogP contribution >= 0.6 is 11.3 Å². The highest BCUT2D eigenvalue weighted by molar-refractivity contribution is 7.18. The second kappa shape index (κ2) is 5.49. The Balaban J connectivity index is 2.32. The minimum atomic E-state index is 0.125. The Kier molecular flexibility index (Phi) is 3.98. The van der Waals surface area contributed by atoms with E-state index in [0.29, 0.717) is 12.5 Å². The lowest BCUT2D eigenvalue weighted by Crippen LogP contribution is -2.19. The van der Waals surface area contributed by atoms with Gasteiger partial charge < -0.3 is 15.8 Å². The van der Waals surface area contributed by atoms with Crippen LogP contribution in [0.3, 0.4) is 0 Å². The van der Waals surface area contributed by atoms with Crippen molar-refractivity contribution in [1.29, 1.82) is 0 Å². The van der Waals surface area contributed by atoms with Crippen molar-refractivity contribution < 1.29 is 4.74 Å². The lowest BCUT2D eigenvalue weighted by Gasteiger charge is -2.11. The number of nitrogens with one attached hydrogen (secondary N) is 1. The summed E-state index contributed by atoms with van der Waals surface area (Å²) < 4.78 is 5.21. The van der Waals surface area contributed by atoms with Crippen LogP contribution in [0, 0.1) is 0 Å². The van der Waals surface area contributed by atoms with Crippen LogP contribution in [0.15, 0.2) is 6.07 Å². The summed E-state index contributed by atoms with van der Waals surface area (Å²) in [7, 11) is 1.69. The molecular weight excluding hydrogens is 248 g/mol. The molecule has 0 aliphatic rings. The number of aryl methyl sites for hydroxylation is 1. The summed E-state index contributed by atoms with van der Waals surface area (Å²) in [5, 5.41) is 4.30. The van der Waals surface area contributed by atoms with E-state index in [1.165, 1.54) is 4.88 Å². The fourth-order valence-electron chi connectivity index (χ4n) is 1.62. The molecule has 0 saturated carbocycles. The number of ether oxygens (including phenoxy) is 1. The van der Waals surface area contributed by atoms with Crippen molar-refractivity contribution in [3.8, 4) is 0 Å². The summed E-state index contributed by atoms with van der Waals surface area (Å²) in [5.41, 5.74) is 5.73. The number of methoxy groups -OCH3 is 1. The first-order chi connectivity index (χ1) is 8.63. The van der Waals surface area contributed by atoms with E-state index >= 15 is 0 Å². The molecule has 0 radical (unpaired) electrons. The standard InChI is InChI=1S/C12H18N4OS/c1-4-8-5-9-10(14-6-7(2)17-3)15-12(13)16-11(9)18-8/h5,7H,4,6H2,1-3H3,(H3,13,14,15,16). The number of aromatic nitrogens is 2. The van der Waals surface area contributed by atoms with Gasteiger partial charge in [-0.25, -0.2) is 4.98 Å². The molecule has 0 fully saturated rings. The summed E-state index contributed by atoms with van der Waals surface area (Å²) in [5.74, 6) is 1.09. The van der Waals surface area contributed by atoms with Crippen LogP contribution in [-0.4, -0.2) is 29.7 Å². The molecule has 0 spiro atoms. The van der Waals surface area contributed by atoms with Gasteiger partial charge in [0.1, 0.15) is 10.6 Å². The van der Waals surface area contributed by atoms with Crippen LogP contribution in [0.5, 0.6) is 0 Å². The average molecular weight is 266 g/mol. The molecule has 0 aromatic carbocycles. The number of fused-ring (bicyclic) bond motifs is 1. The number of hydrogen-bond acceptors (Lipinski definition) is 6. The molecule has 2 rings (SSSR count). The molecule has 2 aromatic rings. The Labute approximate surface area is 110 Å². The van der Waals surface area contributed by atoms with Gasteiger partial charge in [-0.15, -0.1) is 11.3 Å². The van der Waals surface area contributed by atoms with Gasteiger partial charge in [0.15, 0.2) is 0 Å². The maximum absolute atomic E-state index is 5.73. The van der Waals surface area contributed by atoms with E-state index in [9.17, 15) is 0 Å². The molecule has 0 bridgehead atoms. The molecule has 2 aromatic heterocycles. The number of anilines is 2. The summed E-state index contributed by atoms with van der Waals surface area (Å²) in [6, 6.07) is 2.12. The third-order valence-corrected chi connectivity index (χ3v) is 3.94. The Morgan fingerprint density at radius 1 is 1.50 bits per heavy atom. The smallest absolute Gasteiger partial charge is 0.223 e. The Morgan fingerprint density at radius 3 is 2.94 bits per heavy atom. The second-order valence-corrected chi connectivity index (χ2v) is 5.26. The van der Waals surface area contributed by atoms with Gasteiger partial charge in [0.25, 0.3) is 0 Å². The highest BCUT2D eigenvalue weighted by Crippen LogP contribution is 2.29. The van der Waals surface area contributed by atoms with Crippen LogP contribution in [0.2, 0.25) is 0 Å². The first kappa shape index (κ1) is 13.0. The summed E-state index contributed by atoms with van der Waals surface area (Å²) >= 11 is 1.66. The lowest BCUT2D eigenvalue weighted by atomic mass is 10.3. The van der Waals surface area contributed by atoms with Gasteiger partial charge in [-0.2, -0.15) is 4.98 Å². The van der Waals surface area contributed by atoms with Gasteiger partial charge >= 0.3 is 0 Å². The van der Waals surface area contributed by atoms with E-state index in [0.717, 1.165) is 22.5 Å². The molecule has 1 atom stereocenters. The van der Waals surface area contributed by atoms with Gasteiger partial charge in [0.2, 0.25) is 5.95 Å². The third kappa shape index (κ3) is 2.70. The first-order valence-electron chi connectivity index (χ1n) is 5.96. The van der Waals surface area contributed by atoms with Crippen molar-refractivity contribution in [3.63, 3.8) is 0 Å². The van der Waals surface area contributed by atoms with Crippen LogP contribution < -0.4 is 11.1 Å². The van der Waals surface area contributed by atoms with Crippen molar-refractivity contribution in [1.82, 2.24) is 9.97 Å². The van der Waals surface area contributed by atoms with E-state index in [4.69, 9.17) is 10.5 Å². The topological polar surface area (TPSA) is 73.1 Å². The minimum Gasteiger partial charge on any atom is -0.380 e. The number of thiophene rings is 1. The quantitative estimate of drug-likeness (QED) is 0.868. The van der Waals surface area contributed by atoms with Crippen LogP contribution in [0.25, 0.3) is 10.2 Å². The summed E-state index contributed by atoms with van der Waals surface area (Å²) in [6.45, 7) is 4.82. The van der Waals surface area contributed by atoms with E-state index < -0.39 is 0 Å². The summed E-state index contributed by atoms with van der Waals surface area (Å²) in [4.78, 5) is 10.7. The van der Waals surface area contributed by atoms with E-state index in [2.05, 4.69) is 28.3 Å². The van der Waals surface area contributed by atoms with Gasteiger partial charge in [-0.1, -0.05) is 6.92 Å². The molecule has 98 valence electrons. The monoisotopic (exact) mass is 266 g/mol. The normalized spacial score (nSPS) is 12.8. The first-order valence-corrected chi connectivity index (χ1v) is 6.78. The predicted octanol–water partition coefficient (Wildman–Crippen LogP) is 2.28. The zero-order valence-corrected chi connectivity index (χ0v) is 11.7. The average Bonchev–Trinajstić information content (AvgIpc) is 2.78. The number of nitrogens with two attached hydrogens (primary N) is 1. The van der Waals surface area contributed by atoms with Gasteiger partial charge in [-0.3, -0.25) is 0 Å². The SMILES string of the molecule is CCc1cc2c(NCC(C)OC)nc(N)nc2s1. The molecular formula is C12H18N4OS. The fraction of sp³-hybridized carbons (Fsp3) is 0.500. The zero-order chi connectivity index (χ0) is 13.1. The Hall–Kier alpha value is -1.40. The van der Waals surface area contributed by atoms with Gasteiger partial charge in [0, 0.05) is 18.5 Å². The Morgan fingerprint density at radius 2 is 2.28 bits per heavy atom. The molecule has 0 amide bonds. The fourth-order valence-corrected chi connectivity index (χ4v) is 2.59. The number of hydrogen-bond donors (Lipinski definition) is 2. The molecule has 5 nitrogen and oxygen atoms in total. The summed E-state index contributed by atoms with van der Waals surface area (Å²) in [6.07, 6.45) is 1.12. The van der Waals surface area contributed by atoms with Crippen molar-refractivity contribution in [2.45, 2.75) is 26.4 Å². The predicted molar refractivity (Wildman–Crippen MR) is 76.2 cm³/mol. The third-order valence-electron chi connectivity index (χ3n) is 2.77. The number of nitrogen functional groups attached to an aromatic ring is 1. The van der Waals surface area contributed by atoms with Crippen molar-refractivity contribution in [2.75, 3.05) is 24.7 Å². The maximum Gasteiger partial charge on any atom is 0.223 e. The molecule has 3 N–H and O–H groups in total. The minimum absolute atomic E-state index is 0.125. The molecule has 2 heterocycles. The molecule has 6 heteroatoms. The number of rotatable bonds is 5. The van der Waals surface area contributed by atoms with Crippen molar-refractivity contribution >= 4 is 33.3 Å². The van der Waals surface area contributed by atoms with E-state index in [1.807, 2.05) is 6.92 Å². The molecule has 0 aliphatic carbocycles. The zero-order valence-electron chi connectivity index (χ0n) is 10.9. The highest BCUT2D eigenvalue weighted by Gasteiger charge is 2.10. The van der Waals surface area contributed by atoms with Crippen molar-refractivity contribution in [2.24, 2.45) is 0 Å². The van der Waals surface area contributed by atoms with E-state index in [-0.39, 0.29) is 6.10 Å². The second-order valence-electron chi connectivity index (χ2n) is 4.14. The van der Waals surface area contributed by atoms with Crippen LogP contribution in [0.4, 0.5) is 11.8 Å². The molecule has 18 heavy (non-hydrogen) atoms. The maximum atomic E-state index is 5.73. The van der Waals surface area contributed by atoms with Crippen molar-refractivity contribution in [3.05, 3.63) is 10.9 Å². The van der Waals surface area contributed by atoms with Crippen LogP contribution in [0.1, 0.15) is 18.7 Å². The number of nitrogens with zero attached hydrogens (tertiary/aromatic N) is 2. The Bertz CT molecular complexity index is 540. The van der Waals surface area contributed by atoms with Gasteiger partial charge in [-0.05, 0) is 19.4 Å². The molecule has 0 saturated heterocycles. The molecule has 0 aliphatic heterocycles. The van der Waals surface area contributed by atoms with E-state index in [1.54, 1.807) is 18.4 Å². The van der Waals surface area contributed by atoms with Crippen LogP contribution in [-0.2, 0) is 11.2 Å². The largest absolute Gasteiger partial charge is 0.380 e. The lowest BCUT2D eigenvalue weighted by molar-refractivity contribution is 0.128.